The van der Waals surface area contributed by atoms with Crippen LogP contribution >= 0.6 is 11.3 Å². The molecule has 4 nitrogen and oxygen atoms in total. The fourth-order valence-corrected chi connectivity index (χ4v) is 2.41. The predicted molar refractivity (Wildman–Crippen MR) is 79.8 cm³/mol. The molecular formula is C13H21F3N4S. The summed E-state index contributed by atoms with van der Waals surface area (Å²) in [6.07, 6.45) is -1.52. The van der Waals surface area contributed by atoms with Crippen LogP contribution < -0.4 is 10.6 Å². The molecule has 1 aromatic heterocycles. The van der Waals surface area contributed by atoms with Gasteiger partial charge in [0.25, 0.3) is 0 Å². The number of hydrogen-bond donors (Lipinski definition) is 2. The van der Waals surface area contributed by atoms with Crippen LogP contribution in [0.5, 0.6) is 0 Å². The molecule has 8 heteroatoms. The lowest BCUT2D eigenvalue weighted by Crippen LogP contribution is -2.38. The molecule has 120 valence electrons. The van der Waals surface area contributed by atoms with Crippen LogP contribution in [0.2, 0.25) is 0 Å². The highest BCUT2D eigenvalue weighted by atomic mass is 32.1. The van der Waals surface area contributed by atoms with Crippen molar-refractivity contribution in [3.05, 3.63) is 16.1 Å². The number of nitrogens with one attached hydrogen (secondary N) is 2. The van der Waals surface area contributed by atoms with Gasteiger partial charge in [-0.1, -0.05) is 6.92 Å². The molecule has 2 N–H and O–H groups in total. The Morgan fingerprint density at radius 3 is 2.67 bits per heavy atom. The van der Waals surface area contributed by atoms with E-state index in [0.717, 1.165) is 17.8 Å². The van der Waals surface area contributed by atoms with Crippen molar-refractivity contribution >= 4 is 17.3 Å². The number of aliphatic imine (C=N–C) groups is 1. The summed E-state index contributed by atoms with van der Waals surface area (Å²) < 4.78 is 36.3. The van der Waals surface area contributed by atoms with E-state index in [2.05, 4.69) is 27.5 Å². The number of hydrogen-bond acceptors (Lipinski definition) is 3. The van der Waals surface area contributed by atoms with Gasteiger partial charge in [-0.3, -0.25) is 4.99 Å². The predicted octanol–water partition coefficient (Wildman–Crippen LogP) is 2.76. The van der Waals surface area contributed by atoms with Crippen LogP contribution in [0.25, 0.3) is 0 Å². The number of rotatable bonds is 7. The van der Waals surface area contributed by atoms with Crippen molar-refractivity contribution < 1.29 is 13.2 Å². The molecule has 0 saturated carbocycles. The Hall–Kier alpha value is -1.31. The molecule has 0 radical (unpaired) electrons. The van der Waals surface area contributed by atoms with E-state index in [1.165, 1.54) is 4.88 Å². The van der Waals surface area contributed by atoms with Gasteiger partial charge in [-0.05, 0) is 13.3 Å². The van der Waals surface area contributed by atoms with Crippen LogP contribution in [0.1, 0.15) is 30.2 Å². The first-order chi connectivity index (χ1) is 9.94. The summed E-state index contributed by atoms with van der Waals surface area (Å²) in [6, 6.07) is 0. The van der Waals surface area contributed by atoms with E-state index >= 15 is 0 Å². The van der Waals surface area contributed by atoms with E-state index in [-0.39, 0.29) is 6.54 Å². The topological polar surface area (TPSA) is 49.3 Å². The van der Waals surface area contributed by atoms with E-state index in [1.807, 2.05) is 13.1 Å². The average molecular weight is 322 g/mol. The SMILES string of the molecule is CCNC(=NCCC(F)(F)F)NCCc1ncc(CC)s1. The maximum absolute atomic E-state index is 12.1. The van der Waals surface area contributed by atoms with Gasteiger partial charge < -0.3 is 10.6 Å². The Morgan fingerprint density at radius 1 is 1.33 bits per heavy atom. The third-order valence-electron chi connectivity index (χ3n) is 2.59. The van der Waals surface area contributed by atoms with Crippen LogP contribution in [0.3, 0.4) is 0 Å². The molecule has 0 aliphatic rings. The molecule has 0 aromatic carbocycles. The fourth-order valence-electron chi connectivity index (χ4n) is 1.55. The van der Waals surface area contributed by atoms with E-state index < -0.39 is 12.6 Å². The van der Waals surface area contributed by atoms with Crippen LogP contribution in [-0.2, 0) is 12.8 Å². The minimum Gasteiger partial charge on any atom is -0.357 e. The summed E-state index contributed by atoms with van der Waals surface area (Å²) in [5, 5.41) is 6.97. The van der Waals surface area contributed by atoms with Crippen molar-refractivity contribution in [2.75, 3.05) is 19.6 Å². The molecule has 0 amide bonds. The highest BCUT2D eigenvalue weighted by Gasteiger charge is 2.26. The first-order valence-electron chi connectivity index (χ1n) is 6.97. The first kappa shape index (κ1) is 17.7. The van der Waals surface area contributed by atoms with Crippen molar-refractivity contribution in [2.45, 2.75) is 39.3 Å². The summed E-state index contributed by atoms with van der Waals surface area (Å²) in [6.45, 7) is 4.88. The van der Waals surface area contributed by atoms with Crippen LogP contribution in [0.4, 0.5) is 13.2 Å². The molecule has 0 saturated heterocycles. The normalized spacial score (nSPS) is 12.5. The van der Waals surface area contributed by atoms with Gasteiger partial charge in [0.15, 0.2) is 5.96 Å². The second-order valence-corrected chi connectivity index (χ2v) is 5.58. The molecule has 21 heavy (non-hydrogen) atoms. The molecule has 0 spiro atoms. The summed E-state index contributed by atoms with van der Waals surface area (Å²) in [5.74, 6) is 0.411. The zero-order chi connectivity index (χ0) is 15.7. The monoisotopic (exact) mass is 322 g/mol. The van der Waals surface area contributed by atoms with Gasteiger partial charge in [0.1, 0.15) is 0 Å². The smallest absolute Gasteiger partial charge is 0.357 e. The van der Waals surface area contributed by atoms with Crippen molar-refractivity contribution in [3.63, 3.8) is 0 Å². The van der Waals surface area contributed by atoms with Gasteiger partial charge in [-0.25, -0.2) is 4.98 Å². The van der Waals surface area contributed by atoms with Gasteiger partial charge in [0.2, 0.25) is 0 Å². The molecule has 1 aromatic rings. The molecular weight excluding hydrogens is 301 g/mol. The number of guanidine groups is 1. The molecule has 0 aliphatic carbocycles. The maximum atomic E-state index is 12.1. The lowest BCUT2D eigenvalue weighted by Gasteiger charge is -2.11. The van der Waals surface area contributed by atoms with Crippen molar-refractivity contribution in [1.29, 1.82) is 0 Å². The molecule has 0 bridgehead atoms. The third kappa shape index (κ3) is 7.89. The molecule has 0 aliphatic heterocycles. The molecule has 0 atom stereocenters. The third-order valence-corrected chi connectivity index (χ3v) is 3.79. The van der Waals surface area contributed by atoms with E-state index in [1.54, 1.807) is 11.3 Å². The lowest BCUT2D eigenvalue weighted by atomic mass is 10.4. The Morgan fingerprint density at radius 2 is 2.10 bits per heavy atom. The zero-order valence-electron chi connectivity index (χ0n) is 12.3. The number of aryl methyl sites for hydroxylation is 1. The van der Waals surface area contributed by atoms with E-state index in [9.17, 15) is 13.2 Å². The summed E-state index contributed by atoms with van der Waals surface area (Å²) in [7, 11) is 0. The second kappa shape index (κ2) is 8.86. The number of aromatic nitrogens is 1. The Balaban J connectivity index is 2.37. The zero-order valence-corrected chi connectivity index (χ0v) is 13.1. The fraction of sp³-hybridized carbons (Fsp3) is 0.692. The van der Waals surface area contributed by atoms with Crippen LogP contribution in [0, 0.1) is 0 Å². The van der Waals surface area contributed by atoms with E-state index in [4.69, 9.17) is 0 Å². The van der Waals surface area contributed by atoms with Crippen LogP contribution in [0.15, 0.2) is 11.2 Å². The van der Waals surface area contributed by atoms with E-state index in [0.29, 0.717) is 19.0 Å². The highest BCUT2D eigenvalue weighted by Crippen LogP contribution is 2.18. The maximum Gasteiger partial charge on any atom is 0.390 e. The quantitative estimate of drug-likeness (QED) is 0.599. The van der Waals surface area contributed by atoms with Crippen molar-refractivity contribution in [1.82, 2.24) is 15.6 Å². The highest BCUT2D eigenvalue weighted by molar-refractivity contribution is 7.11. The van der Waals surface area contributed by atoms with Gasteiger partial charge >= 0.3 is 6.18 Å². The van der Waals surface area contributed by atoms with Gasteiger partial charge in [0, 0.05) is 30.6 Å². The Kier molecular flexibility index (Phi) is 7.49. The second-order valence-electron chi connectivity index (χ2n) is 4.38. The molecule has 1 rings (SSSR count). The largest absolute Gasteiger partial charge is 0.390 e. The van der Waals surface area contributed by atoms with Crippen LogP contribution in [-0.4, -0.2) is 36.8 Å². The summed E-state index contributed by atoms with van der Waals surface area (Å²) >= 11 is 1.66. The molecule has 0 fully saturated rings. The number of halogens is 3. The minimum absolute atomic E-state index is 0.268. The van der Waals surface area contributed by atoms with Crippen molar-refractivity contribution in [3.8, 4) is 0 Å². The number of nitrogens with zero attached hydrogens (tertiary/aromatic N) is 2. The minimum atomic E-state index is -4.17. The van der Waals surface area contributed by atoms with Gasteiger partial charge in [0.05, 0.1) is 18.0 Å². The summed E-state index contributed by atoms with van der Waals surface area (Å²) in [5.41, 5.74) is 0. The Labute approximate surface area is 126 Å². The number of thiazole rings is 1. The Bertz CT molecular complexity index is 443. The summed E-state index contributed by atoms with van der Waals surface area (Å²) in [4.78, 5) is 9.43. The first-order valence-corrected chi connectivity index (χ1v) is 7.78. The standard InChI is InChI=1S/C13H21F3N4S/c1-3-10-9-20-11(21-10)5-7-18-12(17-4-2)19-8-6-13(14,15)16/h9H,3-8H2,1-2H3,(H2,17,18,19). The van der Waals surface area contributed by atoms with Gasteiger partial charge in [-0.15, -0.1) is 11.3 Å². The molecule has 0 unspecified atom stereocenters. The lowest BCUT2D eigenvalue weighted by molar-refractivity contribution is -0.132. The van der Waals surface area contributed by atoms with Crippen molar-refractivity contribution in [2.24, 2.45) is 4.99 Å². The number of alkyl halides is 3. The average Bonchev–Trinajstić information content (AvgIpc) is 2.85. The van der Waals surface area contributed by atoms with Gasteiger partial charge in [-0.2, -0.15) is 13.2 Å². The molecule has 1 heterocycles.